The van der Waals surface area contributed by atoms with Crippen LogP contribution < -0.4 is 0 Å². The Labute approximate surface area is 140 Å². The summed E-state index contributed by atoms with van der Waals surface area (Å²) < 4.78 is 28.6. The molecule has 0 aliphatic heterocycles. The molecule has 1 rings (SSSR count). The van der Waals surface area contributed by atoms with Gasteiger partial charge < -0.3 is 0 Å². The van der Waals surface area contributed by atoms with Crippen molar-refractivity contribution >= 4 is 15.9 Å². The van der Waals surface area contributed by atoms with E-state index in [0.29, 0.717) is 12.0 Å². The molecule has 130 valence electrons. The van der Waals surface area contributed by atoms with Gasteiger partial charge in [-0.2, -0.15) is 8.42 Å². The molecule has 0 radical (unpaired) electrons. The van der Waals surface area contributed by atoms with Gasteiger partial charge in [0.2, 0.25) is 0 Å². The molecule has 0 unspecified atom stereocenters. The number of benzene rings is 1. The number of rotatable bonds is 11. The minimum Gasteiger partial charge on any atom is -0.291 e. The minimum absolute atomic E-state index is 0.0147. The Morgan fingerprint density at radius 3 is 2.39 bits per heavy atom. The third kappa shape index (κ3) is 7.75. The lowest BCUT2D eigenvalue weighted by molar-refractivity contribution is 0.0924. The Kier molecular flexibility index (Phi) is 8.48. The van der Waals surface area contributed by atoms with Gasteiger partial charge in [-0.15, -0.1) is 0 Å². The first-order chi connectivity index (χ1) is 10.9. The Morgan fingerprint density at radius 2 is 1.70 bits per heavy atom. The number of ketones is 1. The van der Waals surface area contributed by atoms with Crippen LogP contribution in [0.2, 0.25) is 0 Å². The summed E-state index contributed by atoms with van der Waals surface area (Å²) in [6.07, 6.45) is 6.01. The number of carbonyl (C=O) groups excluding carboxylic acids is 1. The third-order valence-electron chi connectivity index (χ3n) is 3.81. The number of carbonyl (C=O) groups is 1. The van der Waals surface area contributed by atoms with Crippen LogP contribution >= 0.6 is 0 Å². The normalized spacial score (nSPS) is 11.6. The molecule has 23 heavy (non-hydrogen) atoms. The van der Waals surface area contributed by atoms with Gasteiger partial charge in [0.15, 0.2) is 5.78 Å². The Hall–Kier alpha value is -1.20. The van der Waals surface area contributed by atoms with Gasteiger partial charge in [-0.05, 0) is 31.9 Å². The summed E-state index contributed by atoms with van der Waals surface area (Å²) in [5.41, 5.74) is 2.33. The van der Waals surface area contributed by atoms with Gasteiger partial charge in [-0.3, -0.25) is 8.98 Å². The van der Waals surface area contributed by atoms with E-state index in [1.54, 1.807) is 6.07 Å². The molecule has 1 aromatic rings. The fourth-order valence-electron chi connectivity index (χ4n) is 2.38. The van der Waals surface area contributed by atoms with Gasteiger partial charge in [0.25, 0.3) is 10.1 Å². The van der Waals surface area contributed by atoms with Gasteiger partial charge >= 0.3 is 0 Å². The summed E-state index contributed by atoms with van der Waals surface area (Å²) in [6, 6.07) is 5.54. The average Bonchev–Trinajstić information content (AvgIpc) is 2.51. The highest BCUT2D eigenvalue weighted by molar-refractivity contribution is 7.86. The van der Waals surface area contributed by atoms with Crippen LogP contribution in [0.3, 0.4) is 0 Å². The summed E-state index contributed by atoms with van der Waals surface area (Å²) in [5.74, 6) is -0.308. The summed E-state index contributed by atoms with van der Waals surface area (Å²) in [6.45, 7) is 5.46. The third-order valence-corrected chi connectivity index (χ3v) is 5.08. The number of Topliss-reactive ketones (excluding diaryl/α,β-unsaturated/α-hetero) is 1. The van der Waals surface area contributed by atoms with Crippen LogP contribution in [0.4, 0.5) is 0 Å². The maximum Gasteiger partial charge on any atom is 0.267 e. The van der Waals surface area contributed by atoms with Crippen molar-refractivity contribution in [1.82, 2.24) is 0 Å². The second-order valence-corrected chi connectivity index (χ2v) is 7.79. The number of aryl methyl sites for hydroxylation is 2. The molecule has 0 bridgehead atoms. The van der Waals surface area contributed by atoms with Crippen LogP contribution in [-0.2, 0) is 14.3 Å². The largest absolute Gasteiger partial charge is 0.291 e. The fourth-order valence-corrected chi connectivity index (χ4v) is 3.34. The van der Waals surface area contributed by atoms with Crippen molar-refractivity contribution in [2.45, 2.75) is 59.3 Å². The molecule has 0 fully saturated rings. The van der Waals surface area contributed by atoms with Crippen molar-refractivity contribution in [3.05, 3.63) is 34.9 Å². The molecule has 0 aliphatic rings. The Morgan fingerprint density at radius 1 is 1.04 bits per heavy atom. The molecule has 0 amide bonds. The van der Waals surface area contributed by atoms with Crippen molar-refractivity contribution in [1.29, 1.82) is 0 Å². The Bertz CT molecular complexity index is 605. The first kappa shape index (κ1) is 19.8. The highest BCUT2D eigenvalue weighted by Gasteiger charge is 2.16. The standard InChI is InChI=1S/C18H28O4S/c1-4-5-6-7-8-9-12-23(20,21)22-14-18(19)17-13-15(2)10-11-16(17)3/h10-11,13H,4-9,12,14H2,1-3H3. The summed E-state index contributed by atoms with van der Waals surface area (Å²) >= 11 is 0. The van der Waals surface area contributed by atoms with Gasteiger partial charge in [0.05, 0.1) is 5.75 Å². The van der Waals surface area contributed by atoms with E-state index in [4.69, 9.17) is 4.18 Å². The molecular weight excluding hydrogens is 312 g/mol. The van der Waals surface area contributed by atoms with Crippen LogP contribution in [0, 0.1) is 13.8 Å². The van der Waals surface area contributed by atoms with Crippen LogP contribution in [-0.4, -0.2) is 26.6 Å². The molecule has 0 saturated heterocycles. The highest BCUT2D eigenvalue weighted by atomic mass is 32.2. The van der Waals surface area contributed by atoms with Gasteiger partial charge in [0, 0.05) is 5.56 Å². The monoisotopic (exact) mass is 340 g/mol. The van der Waals surface area contributed by atoms with Crippen LogP contribution in [0.25, 0.3) is 0 Å². The molecular formula is C18H28O4S. The average molecular weight is 340 g/mol. The van der Waals surface area contributed by atoms with Crippen LogP contribution in [0.15, 0.2) is 18.2 Å². The predicted molar refractivity (Wildman–Crippen MR) is 93.4 cm³/mol. The van der Waals surface area contributed by atoms with E-state index in [1.807, 2.05) is 26.0 Å². The zero-order valence-corrected chi connectivity index (χ0v) is 15.2. The Balaban J connectivity index is 2.40. The second kappa shape index (κ2) is 9.83. The van der Waals surface area contributed by atoms with Crippen molar-refractivity contribution in [3.8, 4) is 0 Å². The molecule has 1 aromatic carbocycles. The second-order valence-electron chi connectivity index (χ2n) is 6.03. The van der Waals surface area contributed by atoms with Crippen molar-refractivity contribution < 1.29 is 17.4 Å². The molecule has 0 aromatic heterocycles. The number of hydrogen-bond acceptors (Lipinski definition) is 4. The van der Waals surface area contributed by atoms with E-state index in [-0.39, 0.29) is 11.5 Å². The van der Waals surface area contributed by atoms with E-state index in [0.717, 1.165) is 30.4 Å². The lowest BCUT2D eigenvalue weighted by Crippen LogP contribution is -2.17. The first-order valence-corrected chi connectivity index (χ1v) is 9.91. The molecule has 5 heteroatoms. The molecule has 0 aliphatic carbocycles. The lowest BCUT2D eigenvalue weighted by Gasteiger charge is -2.08. The maximum absolute atomic E-state index is 12.1. The van der Waals surface area contributed by atoms with E-state index < -0.39 is 16.7 Å². The van der Waals surface area contributed by atoms with Crippen molar-refractivity contribution in [3.63, 3.8) is 0 Å². The van der Waals surface area contributed by atoms with Crippen molar-refractivity contribution in [2.75, 3.05) is 12.4 Å². The topological polar surface area (TPSA) is 60.4 Å². The molecule has 0 heterocycles. The highest BCUT2D eigenvalue weighted by Crippen LogP contribution is 2.13. The maximum atomic E-state index is 12.1. The molecule has 4 nitrogen and oxygen atoms in total. The van der Waals surface area contributed by atoms with Crippen LogP contribution in [0.5, 0.6) is 0 Å². The summed E-state index contributed by atoms with van der Waals surface area (Å²) in [5, 5.41) is 0. The van der Waals surface area contributed by atoms with Crippen LogP contribution in [0.1, 0.15) is 66.9 Å². The fraction of sp³-hybridized carbons (Fsp3) is 0.611. The van der Waals surface area contributed by atoms with E-state index in [1.165, 1.54) is 12.8 Å². The van der Waals surface area contributed by atoms with Gasteiger partial charge in [0.1, 0.15) is 6.61 Å². The zero-order chi connectivity index (χ0) is 17.3. The minimum atomic E-state index is -3.62. The predicted octanol–water partition coefficient (Wildman–Crippen LogP) is 4.19. The van der Waals surface area contributed by atoms with E-state index >= 15 is 0 Å². The van der Waals surface area contributed by atoms with E-state index in [2.05, 4.69) is 6.92 Å². The zero-order valence-electron chi connectivity index (χ0n) is 14.4. The molecule has 0 saturated carbocycles. The van der Waals surface area contributed by atoms with E-state index in [9.17, 15) is 13.2 Å². The van der Waals surface area contributed by atoms with Gasteiger partial charge in [-0.1, -0.05) is 56.7 Å². The SMILES string of the molecule is CCCCCCCCS(=O)(=O)OCC(=O)c1cc(C)ccc1C. The number of unbranched alkanes of at least 4 members (excludes halogenated alkanes) is 5. The summed E-state index contributed by atoms with van der Waals surface area (Å²) in [7, 11) is -3.62. The lowest BCUT2D eigenvalue weighted by atomic mass is 10.0. The first-order valence-electron chi connectivity index (χ1n) is 8.33. The number of hydrogen-bond donors (Lipinski definition) is 0. The molecule has 0 atom stereocenters. The van der Waals surface area contributed by atoms with Crippen molar-refractivity contribution in [2.24, 2.45) is 0 Å². The molecule has 0 N–H and O–H groups in total. The quantitative estimate of drug-likeness (QED) is 0.344. The summed E-state index contributed by atoms with van der Waals surface area (Å²) in [4.78, 5) is 12.1. The van der Waals surface area contributed by atoms with Gasteiger partial charge in [-0.25, -0.2) is 0 Å². The smallest absolute Gasteiger partial charge is 0.267 e. The molecule has 0 spiro atoms.